The Morgan fingerprint density at radius 3 is 2.74 bits per heavy atom. The Bertz CT molecular complexity index is 432. The van der Waals surface area contributed by atoms with Gasteiger partial charge in [-0.3, -0.25) is 10.1 Å². The molecule has 106 valence electrons. The number of hydrogen-bond donors (Lipinski definition) is 2. The highest BCUT2D eigenvalue weighted by molar-refractivity contribution is 5.35. The van der Waals surface area contributed by atoms with Crippen molar-refractivity contribution in [3.8, 4) is 0 Å². The Morgan fingerprint density at radius 1 is 1.47 bits per heavy atom. The summed E-state index contributed by atoms with van der Waals surface area (Å²) in [6.45, 7) is 7.05. The number of hydrogen-bond acceptors (Lipinski definition) is 4. The Morgan fingerprint density at radius 2 is 2.16 bits per heavy atom. The van der Waals surface area contributed by atoms with Crippen LogP contribution in [0.1, 0.15) is 38.8 Å². The third kappa shape index (κ3) is 4.96. The minimum Gasteiger partial charge on any atom is -0.396 e. The second kappa shape index (κ2) is 6.63. The van der Waals surface area contributed by atoms with Gasteiger partial charge < -0.3 is 10.4 Å². The van der Waals surface area contributed by atoms with Gasteiger partial charge in [-0.2, -0.15) is 0 Å². The lowest BCUT2D eigenvalue weighted by atomic mass is 9.89. The molecule has 5 nitrogen and oxygen atoms in total. The number of nitrogens with zero attached hydrogens (tertiary/aromatic N) is 1. The minimum absolute atomic E-state index is 0.00369. The van der Waals surface area contributed by atoms with E-state index < -0.39 is 0 Å². The van der Waals surface area contributed by atoms with E-state index in [0.717, 1.165) is 18.5 Å². The fourth-order valence-corrected chi connectivity index (χ4v) is 1.85. The normalized spacial score (nSPS) is 13.3. The predicted octanol–water partition coefficient (Wildman–Crippen LogP) is 2.65. The first-order valence-electron chi connectivity index (χ1n) is 6.44. The van der Waals surface area contributed by atoms with Crippen molar-refractivity contribution in [1.29, 1.82) is 0 Å². The maximum absolute atomic E-state index is 10.7. The van der Waals surface area contributed by atoms with Crippen molar-refractivity contribution < 1.29 is 10.0 Å². The van der Waals surface area contributed by atoms with Gasteiger partial charge in [-0.05, 0) is 24.3 Å². The summed E-state index contributed by atoms with van der Waals surface area (Å²) in [6, 6.07) is 6.70. The summed E-state index contributed by atoms with van der Waals surface area (Å²) in [4.78, 5) is 10.4. The maximum Gasteiger partial charge on any atom is 0.269 e. The molecule has 0 aromatic heterocycles. The summed E-state index contributed by atoms with van der Waals surface area (Å²) in [5, 5.41) is 23.1. The smallest absolute Gasteiger partial charge is 0.269 e. The molecule has 1 aromatic rings. The monoisotopic (exact) mass is 266 g/mol. The highest BCUT2D eigenvalue weighted by Crippen LogP contribution is 2.22. The Balaban J connectivity index is 2.65. The number of rotatable bonds is 7. The molecule has 1 aromatic carbocycles. The van der Waals surface area contributed by atoms with Gasteiger partial charge in [-0.25, -0.2) is 0 Å². The van der Waals surface area contributed by atoms with E-state index in [2.05, 4.69) is 19.2 Å². The van der Waals surface area contributed by atoms with Crippen molar-refractivity contribution in [3.05, 3.63) is 39.9 Å². The molecule has 0 aliphatic carbocycles. The summed E-state index contributed by atoms with van der Waals surface area (Å²) in [7, 11) is 0. The van der Waals surface area contributed by atoms with Crippen molar-refractivity contribution in [2.75, 3.05) is 13.2 Å². The molecule has 5 heteroatoms. The molecule has 0 saturated carbocycles. The van der Waals surface area contributed by atoms with E-state index in [0.29, 0.717) is 0 Å². The molecular formula is C14H22N2O3. The molecule has 0 amide bonds. The average Bonchev–Trinajstić information content (AvgIpc) is 2.36. The molecule has 1 rings (SSSR count). The van der Waals surface area contributed by atoms with Gasteiger partial charge in [0.15, 0.2) is 0 Å². The second-order valence-corrected chi connectivity index (χ2v) is 5.59. The van der Waals surface area contributed by atoms with Crippen LogP contribution in [0.3, 0.4) is 0 Å². The van der Waals surface area contributed by atoms with Crippen LogP contribution in [0.25, 0.3) is 0 Å². The number of nitro benzene ring substituents is 1. The molecular weight excluding hydrogens is 244 g/mol. The van der Waals surface area contributed by atoms with E-state index in [1.165, 1.54) is 6.07 Å². The Labute approximate surface area is 113 Å². The fourth-order valence-electron chi connectivity index (χ4n) is 1.85. The highest BCUT2D eigenvalue weighted by Gasteiger charge is 2.18. The number of nitro groups is 1. The van der Waals surface area contributed by atoms with Crippen LogP contribution in [0.4, 0.5) is 5.69 Å². The van der Waals surface area contributed by atoms with E-state index >= 15 is 0 Å². The molecule has 1 unspecified atom stereocenters. The summed E-state index contributed by atoms with van der Waals surface area (Å²) in [5.41, 5.74) is 1.01. The first-order valence-corrected chi connectivity index (χ1v) is 6.44. The SMILES string of the molecule is CC(NCC(C)(C)CCO)c1cccc([N+](=O)[O-])c1. The predicted molar refractivity (Wildman–Crippen MR) is 75.0 cm³/mol. The van der Waals surface area contributed by atoms with Crippen LogP contribution < -0.4 is 5.32 Å². The molecule has 0 bridgehead atoms. The van der Waals surface area contributed by atoms with Crippen molar-refractivity contribution in [3.63, 3.8) is 0 Å². The highest BCUT2D eigenvalue weighted by atomic mass is 16.6. The lowest BCUT2D eigenvalue weighted by molar-refractivity contribution is -0.384. The van der Waals surface area contributed by atoms with Crippen molar-refractivity contribution in [2.24, 2.45) is 5.41 Å². The van der Waals surface area contributed by atoms with Gasteiger partial charge in [0.25, 0.3) is 5.69 Å². The van der Waals surface area contributed by atoms with Crippen LogP contribution in [0.15, 0.2) is 24.3 Å². The molecule has 19 heavy (non-hydrogen) atoms. The molecule has 2 N–H and O–H groups in total. The number of non-ortho nitro benzene ring substituents is 1. The largest absolute Gasteiger partial charge is 0.396 e. The van der Waals surface area contributed by atoms with Gasteiger partial charge in [0.05, 0.1) is 4.92 Å². The zero-order valence-electron chi connectivity index (χ0n) is 11.7. The van der Waals surface area contributed by atoms with Crippen molar-refractivity contribution in [2.45, 2.75) is 33.2 Å². The molecule has 0 radical (unpaired) electrons. The van der Waals surface area contributed by atoms with Crippen LogP contribution in [-0.4, -0.2) is 23.2 Å². The number of nitrogens with one attached hydrogen (secondary N) is 1. The van der Waals surface area contributed by atoms with Crippen LogP contribution in [-0.2, 0) is 0 Å². The third-order valence-corrected chi connectivity index (χ3v) is 3.26. The van der Waals surface area contributed by atoms with Crippen molar-refractivity contribution >= 4 is 5.69 Å². The third-order valence-electron chi connectivity index (χ3n) is 3.26. The second-order valence-electron chi connectivity index (χ2n) is 5.59. The molecule has 0 saturated heterocycles. The number of benzene rings is 1. The molecule has 0 spiro atoms. The topological polar surface area (TPSA) is 75.4 Å². The first-order chi connectivity index (χ1) is 8.85. The van der Waals surface area contributed by atoms with Crippen LogP contribution in [0.2, 0.25) is 0 Å². The van der Waals surface area contributed by atoms with Gasteiger partial charge in [-0.1, -0.05) is 26.0 Å². The molecule has 0 fully saturated rings. The van der Waals surface area contributed by atoms with Crippen LogP contribution >= 0.6 is 0 Å². The van der Waals surface area contributed by atoms with Gasteiger partial charge in [0.1, 0.15) is 0 Å². The Kier molecular flexibility index (Phi) is 5.44. The summed E-state index contributed by atoms with van der Waals surface area (Å²) in [6.07, 6.45) is 0.724. The minimum atomic E-state index is -0.383. The zero-order chi connectivity index (χ0) is 14.5. The van der Waals surface area contributed by atoms with Crippen molar-refractivity contribution in [1.82, 2.24) is 5.32 Å². The fraction of sp³-hybridized carbons (Fsp3) is 0.571. The average molecular weight is 266 g/mol. The van der Waals surface area contributed by atoms with E-state index in [-0.39, 0.29) is 28.7 Å². The van der Waals surface area contributed by atoms with Crippen LogP contribution in [0.5, 0.6) is 0 Å². The van der Waals surface area contributed by atoms with E-state index in [1.54, 1.807) is 12.1 Å². The molecule has 0 aliphatic heterocycles. The summed E-state index contributed by atoms with van der Waals surface area (Å²) < 4.78 is 0. The lowest BCUT2D eigenvalue weighted by Crippen LogP contribution is -2.32. The number of aliphatic hydroxyl groups excluding tert-OH is 1. The molecule has 0 aliphatic rings. The van der Waals surface area contributed by atoms with Gasteiger partial charge in [-0.15, -0.1) is 0 Å². The van der Waals surface area contributed by atoms with Gasteiger partial charge >= 0.3 is 0 Å². The lowest BCUT2D eigenvalue weighted by Gasteiger charge is -2.26. The van der Waals surface area contributed by atoms with E-state index in [9.17, 15) is 10.1 Å². The standard InChI is InChI=1S/C14H22N2O3/c1-11(15-10-14(2,3)7-8-17)12-5-4-6-13(9-12)16(18)19/h4-6,9,11,15,17H,7-8,10H2,1-3H3. The first kappa shape index (κ1) is 15.6. The van der Waals surface area contributed by atoms with Gasteiger partial charge in [0, 0.05) is 31.3 Å². The van der Waals surface area contributed by atoms with E-state index in [4.69, 9.17) is 5.11 Å². The summed E-state index contributed by atoms with van der Waals surface area (Å²) >= 11 is 0. The molecule has 1 atom stereocenters. The van der Waals surface area contributed by atoms with Crippen LogP contribution in [0, 0.1) is 15.5 Å². The van der Waals surface area contributed by atoms with Gasteiger partial charge in [0.2, 0.25) is 0 Å². The quantitative estimate of drug-likeness (QED) is 0.587. The zero-order valence-corrected chi connectivity index (χ0v) is 11.7. The Hall–Kier alpha value is -1.46. The maximum atomic E-state index is 10.7. The number of aliphatic hydroxyl groups is 1. The van der Waals surface area contributed by atoms with E-state index in [1.807, 2.05) is 13.0 Å². The molecule has 0 heterocycles. The summed E-state index contributed by atoms with van der Waals surface area (Å²) in [5.74, 6) is 0.